The average molecular weight is 437 g/mol. The Morgan fingerprint density at radius 3 is 2.62 bits per heavy atom. The summed E-state index contributed by atoms with van der Waals surface area (Å²) in [5, 5.41) is 2.94. The number of hydrogen-bond acceptors (Lipinski definition) is 5. The smallest absolute Gasteiger partial charge is 0.252 e. The molecule has 0 radical (unpaired) electrons. The Kier molecular flexibility index (Phi) is 5.67. The van der Waals surface area contributed by atoms with Crippen molar-refractivity contribution in [2.45, 2.75) is 23.8 Å². The number of sulfonamides is 1. The first-order valence-corrected chi connectivity index (χ1v) is 11.2. The quantitative estimate of drug-likeness (QED) is 0.778. The fourth-order valence-corrected chi connectivity index (χ4v) is 5.13. The summed E-state index contributed by atoms with van der Waals surface area (Å²) in [4.78, 5) is 12.7. The number of hydrogen-bond donors (Lipinski definition) is 1. The van der Waals surface area contributed by atoms with Crippen LogP contribution in [0.2, 0.25) is 5.02 Å². The molecular weight excluding hydrogens is 416 g/mol. The van der Waals surface area contributed by atoms with Gasteiger partial charge in [-0.25, -0.2) is 8.42 Å². The Hall–Kier alpha value is -2.29. The van der Waals surface area contributed by atoms with Crippen molar-refractivity contribution in [3.05, 3.63) is 53.1 Å². The molecule has 0 aliphatic carbocycles. The summed E-state index contributed by atoms with van der Waals surface area (Å²) in [5.74, 6) is 0.823. The highest BCUT2D eigenvalue weighted by Gasteiger charge is 2.28. The zero-order chi connectivity index (χ0) is 20.4. The minimum absolute atomic E-state index is 0.0696. The van der Waals surface area contributed by atoms with E-state index in [2.05, 4.69) is 5.32 Å². The number of halogens is 1. The van der Waals surface area contributed by atoms with Gasteiger partial charge in [-0.2, -0.15) is 4.31 Å². The maximum absolute atomic E-state index is 12.8. The predicted octanol–water partition coefficient (Wildman–Crippen LogP) is 2.69. The SMILES string of the molecule is O=C(NC[C@H]1COc2ccccc2O1)c1cc(S(=O)(=O)N2CCCC2)ccc1Cl. The van der Waals surface area contributed by atoms with Crippen LogP contribution in [0.15, 0.2) is 47.4 Å². The van der Waals surface area contributed by atoms with Crippen molar-refractivity contribution in [1.29, 1.82) is 0 Å². The van der Waals surface area contributed by atoms with Gasteiger partial charge in [0.25, 0.3) is 5.91 Å². The molecule has 0 unspecified atom stereocenters. The number of ether oxygens (including phenoxy) is 2. The van der Waals surface area contributed by atoms with Crippen molar-refractivity contribution in [3.8, 4) is 11.5 Å². The lowest BCUT2D eigenvalue weighted by Crippen LogP contribution is -2.40. The number of nitrogens with one attached hydrogen (secondary N) is 1. The van der Waals surface area contributed by atoms with Crippen LogP contribution < -0.4 is 14.8 Å². The van der Waals surface area contributed by atoms with E-state index in [1.165, 1.54) is 22.5 Å². The van der Waals surface area contributed by atoms with E-state index in [9.17, 15) is 13.2 Å². The molecule has 2 aromatic carbocycles. The minimum Gasteiger partial charge on any atom is -0.486 e. The topological polar surface area (TPSA) is 84.9 Å². The van der Waals surface area contributed by atoms with Crippen LogP contribution in [0.25, 0.3) is 0 Å². The average Bonchev–Trinajstić information content (AvgIpc) is 3.28. The van der Waals surface area contributed by atoms with Crippen molar-refractivity contribution in [1.82, 2.24) is 9.62 Å². The van der Waals surface area contributed by atoms with Crippen molar-refractivity contribution in [3.63, 3.8) is 0 Å². The first kappa shape index (κ1) is 20.0. The van der Waals surface area contributed by atoms with Crippen molar-refractivity contribution < 1.29 is 22.7 Å². The van der Waals surface area contributed by atoms with Crippen LogP contribution >= 0.6 is 11.6 Å². The lowest BCUT2D eigenvalue weighted by atomic mass is 10.2. The summed E-state index contributed by atoms with van der Waals surface area (Å²) in [6, 6.07) is 11.5. The van der Waals surface area contributed by atoms with Crippen LogP contribution in [0.5, 0.6) is 11.5 Å². The highest BCUT2D eigenvalue weighted by molar-refractivity contribution is 7.89. The lowest BCUT2D eigenvalue weighted by Gasteiger charge is -2.26. The van der Waals surface area contributed by atoms with E-state index in [4.69, 9.17) is 21.1 Å². The van der Waals surface area contributed by atoms with Crippen LogP contribution in [-0.4, -0.2) is 51.0 Å². The zero-order valence-corrected chi connectivity index (χ0v) is 17.2. The van der Waals surface area contributed by atoms with Gasteiger partial charge in [0.2, 0.25) is 10.0 Å². The summed E-state index contributed by atoms with van der Waals surface area (Å²) in [6.07, 6.45) is 1.32. The number of fused-ring (bicyclic) bond motifs is 1. The summed E-state index contributed by atoms with van der Waals surface area (Å²) in [5.41, 5.74) is 0.115. The molecule has 2 aliphatic heterocycles. The number of nitrogens with zero attached hydrogens (tertiary/aromatic N) is 1. The lowest BCUT2D eigenvalue weighted by molar-refractivity contribution is 0.0789. The third kappa shape index (κ3) is 4.19. The Morgan fingerprint density at radius 2 is 1.86 bits per heavy atom. The number of para-hydroxylation sites is 2. The molecule has 0 aromatic heterocycles. The van der Waals surface area contributed by atoms with Gasteiger partial charge >= 0.3 is 0 Å². The summed E-state index contributed by atoms with van der Waals surface area (Å²) < 4.78 is 38.4. The van der Waals surface area contributed by atoms with Gasteiger partial charge in [-0.1, -0.05) is 23.7 Å². The van der Waals surface area contributed by atoms with Gasteiger partial charge in [0.05, 0.1) is 22.0 Å². The molecule has 0 saturated carbocycles. The normalized spacial score (nSPS) is 19.1. The first-order valence-electron chi connectivity index (χ1n) is 9.41. The van der Waals surface area contributed by atoms with Crippen LogP contribution in [0, 0.1) is 0 Å². The molecule has 1 fully saturated rings. The largest absolute Gasteiger partial charge is 0.486 e. The van der Waals surface area contributed by atoms with Gasteiger partial charge in [-0.05, 0) is 43.2 Å². The second-order valence-corrected chi connectivity index (χ2v) is 9.31. The van der Waals surface area contributed by atoms with Crippen molar-refractivity contribution in [2.24, 2.45) is 0 Å². The number of amides is 1. The van der Waals surface area contributed by atoms with Gasteiger partial charge in [0, 0.05) is 13.1 Å². The second kappa shape index (κ2) is 8.22. The Morgan fingerprint density at radius 1 is 1.14 bits per heavy atom. The standard InChI is InChI=1S/C20H21ClN2O5S/c21-17-8-7-15(29(25,26)23-9-3-4-10-23)11-16(17)20(24)22-12-14-13-27-18-5-1-2-6-19(18)28-14/h1-2,5-8,11,14H,3-4,9-10,12-13H2,(H,22,24)/t14-/m0/s1. The molecule has 29 heavy (non-hydrogen) atoms. The van der Waals surface area contributed by atoms with E-state index in [0.29, 0.717) is 31.2 Å². The van der Waals surface area contributed by atoms with Crippen molar-refractivity contribution in [2.75, 3.05) is 26.2 Å². The minimum atomic E-state index is -3.63. The van der Waals surface area contributed by atoms with Gasteiger partial charge in [0.15, 0.2) is 11.5 Å². The van der Waals surface area contributed by atoms with Gasteiger partial charge < -0.3 is 14.8 Å². The molecule has 7 nitrogen and oxygen atoms in total. The van der Waals surface area contributed by atoms with E-state index >= 15 is 0 Å². The van der Waals surface area contributed by atoms with E-state index in [0.717, 1.165) is 12.8 Å². The molecular formula is C20H21ClN2O5S. The third-order valence-electron chi connectivity index (χ3n) is 4.94. The van der Waals surface area contributed by atoms with E-state index < -0.39 is 15.9 Å². The third-order valence-corrected chi connectivity index (χ3v) is 7.17. The number of carbonyl (C=O) groups is 1. The highest BCUT2D eigenvalue weighted by atomic mass is 35.5. The molecule has 1 N–H and O–H groups in total. The predicted molar refractivity (Wildman–Crippen MR) is 108 cm³/mol. The van der Waals surface area contributed by atoms with E-state index in [1.807, 2.05) is 18.2 Å². The molecule has 1 amide bonds. The molecule has 1 saturated heterocycles. The van der Waals surface area contributed by atoms with Gasteiger partial charge in [-0.15, -0.1) is 0 Å². The summed E-state index contributed by atoms with van der Waals surface area (Å²) >= 11 is 6.16. The van der Waals surface area contributed by atoms with Crippen LogP contribution in [0.1, 0.15) is 23.2 Å². The molecule has 0 spiro atoms. The fraction of sp³-hybridized carbons (Fsp3) is 0.350. The molecule has 1 atom stereocenters. The zero-order valence-electron chi connectivity index (χ0n) is 15.6. The Bertz CT molecular complexity index is 1020. The van der Waals surface area contributed by atoms with Crippen LogP contribution in [0.4, 0.5) is 0 Å². The van der Waals surface area contributed by atoms with Gasteiger partial charge in [-0.3, -0.25) is 4.79 Å². The monoisotopic (exact) mass is 436 g/mol. The molecule has 9 heteroatoms. The number of rotatable bonds is 5. The number of carbonyl (C=O) groups excluding carboxylic acids is 1. The fourth-order valence-electron chi connectivity index (χ4n) is 3.38. The van der Waals surface area contributed by atoms with E-state index in [-0.39, 0.29) is 28.1 Å². The van der Waals surface area contributed by atoms with Crippen LogP contribution in [0.3, 0.4) is 0 Å². The van der Waals surface area contributed by atoms with Gasteiger partial charge in [0.1, 0.15) is 12.7 Å². The van der Waals surface area contributed by atoms with Crippen LogP contribution in [-0.2, 0) is 10.0 Å². The Labute approximate surface area is 174 Å². The summed E-state index contributed by atoms with van der Waals surface area (Å²) in [7, 11) is -3.63. The maximum Gasteiger partial charge on any atom is 0.252 e. The molecule has 4 rings (SSSR count). The highest BCUT2D eigenvalue weighted by Crippen LogP contribution is 2.31. The summed E-state index contributed by atoms with van der Waals surface area (Å²) in [6.45, 7) is 1.49. The number of benzene rings is 2. The first-order chi connectivity index (χ1) is 13.9. The second-order valence-electron chi connectivity index (χ2n) is 6.96. The van der Waals surface area contributed by atoms with E-state index in [1.54, 1.807) is 6.07 Å². The molecule has 2 heterocycles. The molecule has 2 aromatic rings. The maximum atomic E-state index is 12.8. The Balaban J connectivity index is 1.45. The molecule has 0 bridgehead atoms. The van der Waals surface area contributed by atoms with Crippen molar-refractivity contribution >= 4 is 27.5 Å². The molecule has 154 valence electrons. The molecule has 2 aliphatic rings.